The fourth-order valence-electron chi connectivity index (χ4n) is 1.63. The van der Waals surface area contributed by atoms with E-state index < -0.39 is 20.2 Å². The van der Waals surface area contributed by atoms with E-state index in [0.717, 1.165) is 5.39 Å². The van der Waals surface area contributed by atoms with Crippen LogP contribution in [-0.2, 0) is 20.2 Å². The first-order chi connectivity index (χ1) is 9.46. The molecule has 1 aromatic heterocycles. The quantitative estimate of drug-likeness (QED) is 0.359. The summed E-state index contributed by atoms with van der Waals surface area (Å²) in [5.41, 5.74) is 0.482. The molecule has 0 bridgehead atoms. The lowest BCUT2D eigenvalue weighted by Crippen LogP contribution is -2.11. The smallest absolute Gasteiger partial charge is 0.423 e. The summed E-state index contributed by atoms with van der Waals surface area (Å²) in [7, 11) is -4.53. The third kappa shape index (κ3) is 4.26. The number of phosphoric acid groups is 1. The SMILES string of the molecule is O=c1oc2ccccc2cc1CCOCOP(=O)(O)O. The van der Waals surface area contributed by atoms with Crippen LogP contribution in [0.5, 0.6) is 0 Å². The first-order valence-electron chi connectivity index (χ1n) is 5.75. The molecule has 0 aliphatic heterocycles. The number of ether oxygens (including phenoxy) is 1. The number of benzene rings is 1. The molecule has 7 nitrogen and oxygen atoms in total. The molecule has 1 aromatic carbocycles. The van der Waals surface area contributed by atoms with Gasteiger partial charge in [-0.2, -0.15) is 0 Å². The van der Waals surface area contributed by atoms with Crippen molar-refractivity contribution in [3.8, 4) is 0 Å². The van der Waals surface area contributed by atoms with E-state index in [1.165, 1.54) is 0 Å². The maximum absolute atomic E-state index is 11.7. The van der Waals surface area contributed by atoms with Crippen molar-refractivity contribution in [2.24, 2.45) is 0 Å². The predicted molar refractivity (Wildman–Crippen MR) is 70.1 cm³/mol. The van der Waals surface area contributed by atoms with Gasteiger partial charge in [0.2, 0.25) is 0 Å². The lowest BCUT2D eigenvalue weighted by Gasteiger charge is -2.06. The Morgan fingerprint density at radius 1 is 1.25 bits per heavy atom. The molecule has 0 unspecified atom stereocenters. The van der Waals surface area contributed by atoms with Crippen LogP contribution < -0.4 is 5.63 Å². The third-order valence-electron chi connectivity index (χ3n) is 2.53. The zero-order chi connectivity index (χ0) is 14.6. The number of para-hydroxylation sites is 1. The Morgan fingerprint density at radius 2 is 2.00 bits per heavy atom. The minimum absolute atomic E-state index is 0.0864. The molecule has 0 aliphatic carbocycles. The van der Waals surface area contributed by atoms with Gasteiger partial charge in [0.1, 0.15) is 5.58 Å². The Labute approximate surface area is 114 Å². The Kier molecular flexibility index (Phi) is 4.69. The zero-order valence-corrected chi connectivity index (χ0v) is 11.3. The summed E-state index contributed by atoms with van der Waals surface area (Å²) < 4.78 is 24.5. The second kappa shape index (κ2) is 6.30. The maximum atomic E-state index is 11.7. The number of rotatable bonds is 6. The van der Waals surface area contributed by atoms with Crippen molar-refractivity contribution in [3.05, 3.63) is 46.3 Å². The molecule has 108 valence electrons. The minimum atomic E-state index is -4.53. The first-order valence-corrected chi connectivity index (χ1v) is 7.28. The Bertz CT molecular complexity index is 688. The van der Waals surface area contributed by atoms with Gasteiger partial charge in [-0.15, -0.1) is 0 Å². The van der Waals surface area contributed by atoms with Gasteiger partial charge in [-0.05, 0) is 12.1 Å². The number of fused-ring (bicyclic) bond motifs is 1. The first kappa shape index (κ1) is 14.9. The largest absolute Gasteiger partial charge is 0.471 e. The molecule has 0 spiro atoms. The Balaban J connectivity index is 1.95. The molecule has 0 amide bonds. The van der Waals surface area contributed by atoms with Crippen LogP contribution >= 0.6 is 7.82 Å². The topological polar surface area (TPSA) is 106 Å². The van der Waals surface area contributed by atoms with Crippen molar-refractivity contribution in [2.45, 2.75) is 6.42 Å². The second-order valence-corrected chi connectivity index (χ2v) is 5.23. The van der Waals surface area contributed by atoms with Crippen LogP contribution in [0, 0.1) is 0 Å². The highest BCUT2D eigenvalue weighted by atomic mass is 31.2. The van der Waals surface area contributed by atoms with Gasteiger partial charge >= 0.3 is 13.4 Å². The second-order valence-electron chi connectivity index (χ2n) is 3.99. The Hall–Kier alpha value is -1.50. The van der Waals surface area contributed by atoms with Crippen LogP contribution in [0.2, 0.25) is 0 Å². The standard InChI is InChI=1S/C12H13O7P/c13-12-10(5-6-17-8-18-20(14,15)16)7-9-3-1-2-4-11(9)19-12/h1-4,7H,5-6,8H2,(H2,14,15,16). The van der Waals surface area contributed by atoms with Gasteiger partial charge in [-0.3, -0.25) is 4.52 Å². The van der Waals surface area contributed by atoms with Crippen molar-refractivity contribution < 1.29 is 28.0 Å². The van der Waals surface area contributed by atoms with Crippen LogP contribution in [-0.4, -0.2) is 23.2 Å². The highest BCUT2D eigenvalue weighted by Crippen LogP contribution is 2.35. The zero-order valence-electron chi connectivity index (χ0n) is 10.4. The highest BCUT2D eigenvalue weighted by molar-refractivity contribution is 7.46. The van der Waals surface area contributed by atoms with Gasteiger partial charge in [0.25, 0.3) is 0 Å². The van der Waals surface area contributed by atoms with Crippen LogP contribution in [0.25, 0.3) is 11.0 Å². The molecule has 1 heterocycles. The molecule has 0 saturated carbocycles. The van der Waals surface area contributed by atoms with Gasteiger partial charge in [0, 0.05) is 17.4 Å². The van der Waals surface area contributed by atoms with E-state index >= 15 is 0 Å². The third-order valence-corrected chi connectivity index (χ3v) is 2.98. The molecule has 2 aromatic rings. The molecule has 0 aliphatic rings. The normalized spacial score (nSPS) is 11.9. The van der Waals surface area contributed by atoms with E-state index in [4.69, 9.17) is 18.9 Å². The lowest BCUT2D eigenvalue weighted by molar-refractivity contribution is -0.000412. The summed E-state index contributed by atoms with van der Waals surface area (Å²) in [5.74, 6) is 0. The molecule has 2 rings (SSSR count). The monoisotopic (exact) mass is 300 g/mol. The molecule has 8 heteroatoms. The average molecular weight is 300 g/mol. The predicted octanol–water partition coefficient (Wildman–Crippen LogP) is 1.42. The van der Waals surface area contributed by atoms with Crippen LogP contribution in [0.3, 0.4) is 0 Å². The fourth-order valence-corrected chi connectivity index (χ4v) is 1.84. The van der Waals surface area contributed by atoms with Crippen LogP contribution in [0.4, 0.5) is 0 Å². The number of hydrogen-bond donors (Lipinski definition) is 2. The number of hydrogen-bond acceptors (Lipinski definition) is 5. The summed E-state index contributed by atoms with van der Waals surface area (Å²) in [6.07, 6.45) is 0.262. The summed E-state index contributed by atoms with van der Waals surface area (Å²) >= 11 is 0. The van der Waals surface area contributed by atoms with Crippen molar-refractivity contribution >= 4 is 18.8 Å². The maximum Gasteiger partial charge on any atom is 0.471 e. The molecular weight excluding hydrogens is 287 g/mol. The fraction of sp³-hybridized carbons (Fsp3) is 0.250. The minimum Gasteiger partial charge on any atom is -0.423 e. The van der Waals surface area contributed by atoms with Crippen molar-refractivity contribution in [2.75, 3.05) is 13.4 Å². The van der Waals surface area contributed by atoms with Gasteiger partial charge in [-0.1, -0.05) is 18.2 Å². The molecule has 20 heavy (non-hydrogen) atoms. The van der Waals surface area contributed by atoms with Crippen LogP contribution in [0.15, 0.2) is 39.5 Å². The van der Waals surface area contributed by atoms with Gasteiger partial charge < -0.3 is 18.9 Å². The highest BCUT2D eigenvalue weighted by Gasteiger charge is 2.13. The van der Waals surface area contributed by atoms with Crippen molar-refractivity contribution in [3.63, 3.8) is 0 Å². The summed E-state index contributed by atoms with van der Waals surface area (Å²) in [4.78, 5) is 28.6. The van der Waals surface area contributed by atoms with E-state index in [9.17, 15) is 9.36 Å². The van der Waals surface area contributed by atoms with Gasteiger partial charge in [0.05, 0.1) is 6.61 Å². The van der Waals surface area contributed by atoms with E-state index in [-0.39, 0.29) is 13.0 Å². The molecule has 0 saturated heterocycles. The van der Waals surface area contributed by atoms with Gasteiger partial charge in [-0.25, -0.2) is 9.36 Å². The molecule has 0 atom stereocenters. The molecule has 0 radical (unpaired) electrons. The van der Waals surface area contributed by atoms with E-state index in [0.29, 0.717) is 11.1 Å². The van der Waals surface area contributed by atoms with Crippen LogP contribution in [0.1, 0.15) is 5.56 Å². The van der Waals surface area contributed by atoms with Gasteiger partial charge in [0.15, 0.2) is 6.79 Å². The number of phosphoric ester groups is 1. The van der Waals surface area contributed by atoms with Crippen molar-refractivity contribution in [1.82, 2.24) is 0 Å². The summed E-state index contributed by atoms with van der Waals surface area (Å²) in [6.45, 7) is -0.452. The van der Waals surface area contributed by atoms with E-state index in [1.54, 1.807) is 18.2 Å². The summed E-state index contributed by atoms with van der Waals surface area (Å²) in [5, 5.41) is 0.800. The van der Waals surface area contributed by atoms with E-state index in [2.05, 4.69) is 4.52 Å². The average Bonchev–Trinajstić information content (AvgIpc) is 2.37. The molecule has 0 fully saturated rings. The molecular formula is C12H13O7P. The van der Waals surface area contributed by atoms with E-state index in [1.807, 2.05) is 12.1 Å². The van der Waals surface area contributed by atoms with Crippen molar-refractivity contribution in [1.29, 1.82) is 0 Å². The summed E-state index contributed by atoms with van der Waals surface area (Å²) in [6, 6.07) is 8.82. The Morgan fingerprint density at radius 3 is 2.75 bits per heavy atom. The molecule has 2 N–H and O–H groups in total. The lowest BCUT2D eigenvalue weighted by atomic mass is 10.1.